The third kappa shape index (κ3) is 3.90. The Balaban J connectivity index is 1.63. The second-order valence-electron chi connectivity index (χ2n) is 8.53. The number of carbonyl (C=O) groups is 1. The fourth-order valence-corrected chi connectivity index (χ4v) is 5.80. The highest BCUT2D eigenvalue weighted by Crippen LogP contribution is 2.38. The number of aliphatic carboxylic acids is 1. The predicted molar refractivity (Wildman–Crippen MR) is 119 cm³/mol. The molecule has 0 spiro atoms. The van der Waals surface area contributed by atoms with Gasteiger partial charge in [-0.15, -0.1) is 11.3 Å². The van der Waals surface area contributed by atoms with Gasteiger partial charge in [0.2, 0.25) is 0 Å². The zero-order valence-electron chi connectivity index (χ0n) is 17.0. The Morgan fingerprint density at radius 3 is 2.48 bits per heavy atom. The third-order valence-electron chi connectivity index (χ3n) is 6.16. The Morgan fingerprint density at radius 1 is 1.14 bits per heavy atom. The lowest BCUT2D eigenvalue weighted by Crippen LogP contribution is -2.49. The number of aliphatic hydroxyl groups is 1. The number of rotatable bonds is 6. The van der Waals surface area contributed by atoms with Crippen molar-refractivity contribution >= 4 is 37.5 Å². The molecule has 0 bridgehead atoms. The summed E-state index contributed by atoms with van der Waals surface area (Å²) in [6.07, 6.45) is 1.60. The van der Waals surface area contributed by atoms with E-state index >= 15 is 0 Å². The van der Waals surface area contributed by atoms with Gasteiger partial charge in [0.1, 0.15) is 6.04 Å². The number of nitrogens with zero attached hydrogens (tertiary/aromatic N) is 2. The number of benzene rings is 2. The molecule has 0 radical (unpaired) electrons. The molecule has 0 amide bonds. The van der Waals surface area contributed by atoms with Crippen molar-refractivity contribution in [1.29, 1.82) is 0 Å². The summed E-state index contributed by atoms with van der Waals surface area (Å²) in [5.74, 6) is -0.812. The summed E-state index contributed by atoms with van der Waals surface area (Å²) in [6.45, 7) is 2.31. The highest BCUT2D eigenvalue weighted by atomic mass is 32.1. The van der Waals surface area contributed by atoms with Crippen molar-refractivity contribution < 1.29 is 15.0 Å². The number of likely N-dealkylation sites (tertiary alicyclic amines) is 1. The van der Waals surface area contributed by atoms with Crippen molar-refractivity contribution in [2.75, 3.05) is 40.3 Å². The van der Waals surface area contributed by atoms with Gasteiger partial charge in [-0.1, -0.05) is 24.3 Å². The molecule has 2 aromatic carbocycles. The van der Waals surface area contributed by atoms with E-state index in [0.717, 1.165) is 30.3 Å². The number of thiophene rings is 1. The van der Waals surface area contributed by atoms with Crippen LogP contribution < -0.4 is 0 Å². The fraction of sp³-hybridized carbons (Fsp3) is 0.435. The molecular formula is C23H28N2O3S. The number of carboxylic acid groups (broad SMARTS) is 1. The molecule has 1 fully saturated rings. The number of fused-ring (bicyclic) bond motifs is 3. The van der Waals surface area contributed by atoms with E-state index in [-0.39, 0.29) is 12.0 Å². The van der Waals surface area contributed by atoms with Gasteiger partial charge in [0.05, 0.1) is 6.61 Å². The minimum atomic E-state index is -0.812. The molecule has 29 heavy (non-hydrogen) atoms. The Morgan fingerprint density at radius 2 is 1.83 bits per heavy atom. The normalized spacial score (nSPS) is 18.5. The van der Waals surface area contributed by atoms with Crippen LogP contribution >= 0.6 is 11.3 Å². The summed E-state index contributed by atoms with van der Waals surface area (Å²) < 4.78 is 2.41. The first-order valence-corrected chi connectivity index (χ1v) is 10.9. The molecule has 2 N–H and O–H groups in total. The minimum Gasteiger partial charge on any atom is -0.480 e. The molecule has 1 unspecified atom stereocenters. The van der Waals surface area contributed by atoms with Crippen molar-refractivity contribution in [2.45, 2.75) is 18.9 Å². The first kappa shape index (κ1) is 20.3. The maximum Gasteiger partial charge on any atom is 0.325 e. The summed E-state index contributed by atoms with van der Waals surface area (Å²) in [4.78, 5) is 16.4. The molecule has 154 valence electrons. The molecule has 4 rings (SSSR count). The summed E-state index contributed by atoms with van der Waals surface area (Å²) in [7, 11) is 4.04. The molecule has 2 heterocycles. The molecular weight excluding hydrogens is 384 g/mol. The minimum absolute atomic E-state index is 0.142. The van der Waals surface area contributed by atoms with E-state index in [9.17, 15) is 15.0 Å². The Labute approximate surface area is 175 Å². The average molecular weight is 413 g/mol. The van der Waals surface area contributed by atoms with Crippen LogP contribution in [-0.4, -0.2) is 66.3 Å². The fourth-order valence-electron chi connectivity index (χ4n) is 4.72. The molecule has 3 aromatic rings. The highest BCUT2D eigenvalue weighted by Gasteiger charge is 2.38. The number of piperidine rings is 1. The van der Waals surface area contributed by atoms with Crippen LogP contribution in [-0.2, 0) is 4.79 Å². The summed E-state index contributed by atoms with van der Waals surface area (Å²) in [5, 5.41) is 22.3. The standard InChI is InChI=1S/C23H28N2O3S/c1-24(2)14-23(15-26)9-11-25(12-10-23)21(22(27)28)16-7-8-20-18(13-16)17-5-3-4-6-19(17)29-20/h3-8,13,21,26H,9-12,14-15H2,1-2H3,(H,27,28). The van der Waals surface area contributed by atoms with Crippen LogP contribution in [0.5, 0.6) is 0 Å². The second-order valence-corrected chi connectivity index (χ2v) is 9.61. The molecule has 1 aromatic heterocycles. The van der Waals surface area contributed by atoms with Crippen molar-refractivity contribution in [3.05, 3.63) is 48.0 Å². The van der Waals surface area contributed by atoms with Gasteiger partial charge < -0.3 is 15.1 Å². The van der Waals surface area contributed by atoms with Gasteiger partial charge in [0, 0.05) is 32.1 Å². The summed E-state index contributed by atoms with van der Waals surface area (Å²) in [6, 6.07) is 13.7. The van der Waals surface area contributed by atoms with Gasteiger partial charge in [-0.05, 0) is 63.8 Å². The number of hydrogen-bond acceptors (Lipinski definition) is 5. The predicted octanol–water partition coefficient (Wildman–Crippen LogP) is 3.82. The highest BCUT2D eigenvalue weighted by molar-refractivity contribution is 7.25. The Hall–Kier alpha value is -1.99. The topological polar surface area (TPSA) is 64.0 Å². The van der Waals surface area contributed by atoms with E-state index in [1.54, 1.807) is 11.3 Å². The van der Waals surface area contributed by atoms with E-state index in [1.165, 1.54) is 14.8 Å². The van der Waals surface area contributed by atoms with Crippen molar-refractivity contribution in [3.63, 3.8) is 0 Å². The summed E-state index contributed by atoms with van der Waals surface area (Å²) >= 11 is 1.74. The molecule has 0 saturated carbocycles. The van der Waals surface area contributed by atoms with Gasteiger partial charge in [-0.2, -0.15) is 0 Å². The van der Waals surface area contributed by atoms with Crippen molar-refractivity contribution in [1.82, 2.24) is 9.80 Å². The van der Waals surface area contributed by atoms with Gasteiger partial charge in [-0.3, -0.25) is 9.69 Å². The lowest BCUT2D eigenvalue weighted by Gasteiger charge is -2.43. The van der Waals surface area contributed by atoms with Gasteiger partial charge >= 0.3 is 5.97 Å². The Kier molecular flexibility index (Phi) is 5.62. The van der Waals surface area contributed by atoms with Gasteiger partial charge in [0.15, 0.2) is 0 Å². The van der Waals surface area contributed by atoms with Crippen molar-refractivity contribution in [3.8, 4) is 0 Å². The van der Waals surface area contributed by atoms with Crippen LogP contribution in [0.15, 0.2) is 42.5 Å². The molecule has 1 saturated heterocycles. The van der Waals surface area contributed by atoms with Crippen LogP contribution in [0, 0.1) is 5.41 Å². The van der Waals surface area contributed by atoms with Crippen LogP contribution in [0.2, 0.25) is 0 Å². The zero-order chi connectivity index (χ0) is 20.6. The smallest absolute Gasteiger partial charge is 0.325 e. The largest absolute Gasteiger partial charge is 0.480 e. The number of carboxylic acids is 1. The number of hydrogen-bond donors (Lipinski definition) is 2. The monoisotopic (exact) mass is 412 g/mol. The molecule has 1 aliphatic heterocycles. The quantitative estimate of drug-likeness (QED) is 0.644. The van der Waals surface area contributed by atoms with Crippen molar-refractivity contribution in [2.24, 2.45) is 5.41 Å². The van der Waals surface area contributed by atoms with E-state index < -0.39 is 12.0 Å². The van der Waals surface area contributed by atoms with Gasteiger partial charge in [-0.25, -0.2) is 0 Å². The maximum absolute atomic E-state index is 12.2. The van der Waals surface area contributed by atoms with E-state index in [2.05, 4.69) is 34.1 Å². The third-order valence-corrected chi connectivity index (χ3v) is 7.31. The van der Waals surface area contributed by atoms with E-state index in [4.69, 9.17) is 0 Å². The van der Waals surface area contributed by atoms with Crippen LogP contribution in [0.3, 0.4) is 0 Å². The lowest BCUT2D eigenvalue weighted by atomic mass is 9.78. The molecule has 5 nitrogen and oxygen atoms in total. The maximum atomic E-state index is 12.2. The molecule has 6 heteroatoms. The Bertz CT molecular complexity index is 1020. The van der Waals surface area contributed by atoms with E-state index in [1.807, 2.05) is 32.3 Å². The molecule has 1 atom stereocenters. The van der Waals surface area contributed by atoms with E-state index in [0.29, 0.717) is 13.1 Å². The van der Waals surface area contributed by atoms with Crippen LogP contribution in [0.1, 0.15) is 24.4 Å². The molecule has 0 aliphatic carbocycles. The summed E-state index contributed by atoms with van der Waals surface area (Å²) in [5.41, 5.74) is 0.689. The zero-order valence-corrected chi connectivity index (χ0v) is 17.8. The number of aliphatic hydroxyl groups excluding tert-OH is 1. The van der Waals surface area contributed by atoms with Crippen LogP contribution in [0.4, 0.5) is 0 Å². The SMILES string of the molecule is CN(C)CC1(CO)CCN(C(C(=O)O)c2ccc3sc4ccccc4c3c2)CC1. The van der Waals surface area contributed by atoms with Gasteiger partial charge in [0.25, 0.3) is 0 Å². The second kappa shape index (κ2) is 8.03. The van der Waals surface area contributed by atoms with Crippen LogP contribution in [0.25, 0.3) is 20.2 Å². The average Bonchev–Trinajstić information content (AvgIpc) is 3.07. The first-order valence-electron chi connectivity index (χ1n) is 10.1. The first-order chi connectivity index (χ1) is 13.9. The molecule has 1 aliphatic rings. The lowest BCUT2D eigenvalue weighted by molar-refractivity contribution is -0.145.